The number of anilines is 1. The first-order chi connectivity index (χ1) is 11.0. The number of halogens is 1. The fourth-order valence-electron chi connectivity index (χ4n) is 2.31. The highest BCUT2D eigenvalue weighted by Crippen LogP contribution is 2.31. The minimum absolute atomic E-state index is 0.0540. The van der Waals surface area contributed by atoms with E-state index in [1.54, 1.807) is 30.0 Å². The summed E-state index contributed by atoms with van der Waals surface area (Å²) in [5, 5.41) is 0.320. The van der Waals surface area contributed by atoms with E-state index < -0.39 is 11.1 Å². The maximum atomic E-state index is 12.0. The molecule has 0 heterocycles. The number of benzene rings is 2. The normalized spacial score (nSPS) is 12.0. The van der Waals surface area contributed by atoms with Gasteiger partial charge >= 0.3 is 0 Å². The highest BCUT2D eigenvalue weighted by molar-refractivity contribution is 7.79. The Hall–Kier alpha value is -1.69. The van der Waals surface area contributed by atoms with Crippen LogP contribution in [0.15, 0.2) is 48.5 Å². The van der Waals surface area contributed by atoms with Crippen LogP contribution in [0.1, 0.15) is 29.3 Å². The molecule has 0 spiro atoms. The monoisotopic (exact) mass is 351 g/mol. The molecule has 0 saturated heterocycles. The lowest BCUT2D eigenvalue weighted by molar-refractivity contribution is 0.0988. The molecule has 0 aliphatic heterocycles. The molecule has 6 heteroatoms. The van der Waals surface area contributed by atoms with Gasteiger partial charge in [0.1, 0.15) is 5.88 Å². The van der Waals surface area contributed by atoms with Crippen molar-refractivity contribution in [2.75, 3.05) is 10.8 Å². The zero-order valence-electron chi connectivity index (χ0n) is 12.7. The van der Waals surface area contributed by atoms with Gasteiger partial charge in [0, 0.05) is 18.5 Å². The first kappa shape index (κ1) is 17.7. The second-order valence-corrected chi connectivity index (χ2v) is 6.33. The molecule has 0 aliphatic rings. The summed E-state index contributed by atoms with van der Waals surface area (Å²) in [6.07, 6.45) is 0.355. The van der Waals surface area contributed by atoms with Crippen LogP contribution in [0.25, 0.3) is 0 Å². The lowest BCUT2D eigenvalue weighted by Gasteiger charge is -2.25. The predicted octanol–water partition coefficient (Wildman–Crippen LogP) is 4.12. The Kier molecular flexibility index (Phi) is 6.33. The van der Waals surface area contributed by atoms with Crippen LogP contribution < -0.4 is 4.90 Å². The molecule has 2 aromatic carbocycles. The Morgan fingerprint density at radius 2 is 1.87 bits per heavy atom. The van der Waals surface area contributed by atoms with Crippen LogP contribution >= 0.6 is 11.6 Å². The van der Waals surface area contributed by atoms with Crippen LogP contribution in [0.3, 0.4) is 0 Å². The topological polar surface area (TPSA) is 57.6 Å². The van der Waals surface area contributed by atoms with Crippen LogP contribution in [-0.2, 0) is 17.6 Å². The zero-order valence-corrected chi connectivity index (χ0v) is 14.3. The van der Waals surface area contributed by atoms with E-state index in [1.165, 1.54) is 0 Å². The quantitative estimate of drug-likeness (QED) is 0.602. The molecule has 2 aromatic rings. The number of hydrogen-bond donors (Lipinski definition) is 1. The summed E-state index contributed by atoms with van der Waals surface area (Å²) in [4.78, 5) is 13.7. The largest absolute Gasteiger partial charge is 0.352 e. The standard InChI is InChI=1S/C17H18ClNO3S/c1-2-16(20)14-9-6-10-15(17(14)18)19(12-23(21)22)11-13-7-4-3-5-8-13/h3-10H,2,11-12H2,1H3,(H,21,22). The smallest absolute Gasteiger partial charge is 0.173 e. The highest BCUT2D eigenvalue weighted by Gasteiger charge is 2.18. The van der Waals surface area contributed by atoms with Crippen LogP contribution in [-0.4, -0.2) is 20.4 Å². The number of carbonyl (C=O) groups is 1. The minimum atomic E-state index is -2.01. The first-order valence-corrected chi connectivity index (χ1v) is 8.86. The molecule has 0 saturated carbocycles. The van der Waals surface area contributed by atoms with Crippen molar-refractivity contribution in [3.63, 3.8) is 0 Å². The summed E-state index contributed by atoms with van der Waals surface area (Å²) in [6.45, 7) is 2.20. The second-order valence-electron chi connectivity index (χ2n) is 5.05. The molecule has 2 rings (SSSR count). The van der Waals surface area contributed by atoms with Crippen LogP contribution in [0, 0.1) is 0 Å². The Morgan fingerprint density at radius 1 is 1.17 bits per heavy atom. The number of carbonyl (C=O) groups excluding carboxylic acids is 1. The molecule has 0 bridgehead atoms. The predicted molar refractivity (Wildman–Crippen MR) is 94.3 cm³/mol. The summed E-state index contributed by atoms with van der Waals surface area (Å²) in [5.41, 5.74) is 2.01. The van der Waals surface area contributed by atoms with Crippen molar-refractivity contribution in [2.24, 2.45) is 0 Å². The van der Waals surface area contributed by atoms with E-state index in [0.29, 0.717) is 29.2 Å². The van der Waals surface area contributed by atoms with Crippen LogP contribution in [0.5, 0.6) is 0 Å². The van der Waals surface area contributed by atoms with E-state index >= 15 is 0 Å². The Bertz CT molecular complexity index is 706. The van der Waals surface area contributed by atoms with E-state index in [-0.39, 0.29) is 11.7 Å². The van der Waals surface area contributed by atoms with Gasteiger partial charge in [-0.1, -0.05) is 54.9 Å². The maximum Gasteiger partial charge on any atom is 0.173 e. The molecule has 0 aliphatic carbocycles. The Balaban J connectivity index is 2.39. The van der Waals surface area contributed by atoms with Crippen molar-refractivity contribution in [3.8, 4) is 0 Å². The Morgan fingerprint density at radius 3 is 2.48 bits per heavy atom. The van der Waals surface area contributed by atoms with Crippen LogP contribution in [0.4, 0.5) is 5.69 Å². The number of rotatable bonds is 7. The molecule has 1 atom stereocenters. The van der Waals surface area contributed by atoms with Crippen molar-refractivity contribution in [2.45, 2.75) is 19.9 Å². The minimum Gasteiger partial charge on any atom is -0.352 e. The van der Waals surface area contributed by atoms with Gasteiger partial charge in [-0.05, 0) is 17.7 Å². The molecule has 122 valence electrons. The van der Waals surface area contributed by atoms with Gasteiger partial charge in [0.05, 0.1) is 10.7 Å². The van der Waals surface area contributed by atoms with Crippen molar-refractivity contribution in [1.29, 1.82) is 0 Å². The first-order valence-electron chi connectivity index (χ1n) is 7.21. The third-order valence-electron chi connectivity index (χ3n) is 3.42. The zero-order chi connectivity index (χ0) is 16.8. The molecule has 1 N–H and O–H groups in total. The number of Topliss-reactive ketones (excluding diaryl/α,β-unsaturated/α-hetero) is 1. The fourth-order valence-corrected chi connectivity index (χ4v) is 3.16. The summed E-state index contributed by atoms with van der Waals surface area (Å²) in [6, 6.07) is 14.8. The van der Waals surface area contributed by atoms with E-state index in [9.17, 15) is 13.6 Å². The lowest BCUT2D eigenvalue weighted by atomic mass is 10.1. The van der Waals surface area contributed by atoms with Crippen molar-refractivity contribution < 1.29 is 13.6 Å². The van der Waals surface area contributed by atoms with Gasteiger partial charge < -0.3 is 9.45 Å². The van der Waals surface area contributed by atoms with Gasteiger partial charge in [-0.3, -0.25) is 4.79 Å². The summed E-state index contributed by atoms with van der Waals surface area (Å²) < 4.78 is 20.6. The molecule has 1 unspecified atom stereocenters. The number of nitrogens with zero attached hydrogens (tertiary/aromatic N) is 1. The number of hydrogen-bond acceptors (Lipinski definition) is 3. The van der Waals surface area contributed by atoms with Gasteiger partial charge in [0.15, 0.2) is 16.9 Å². The van der Waals surface area contributed by atoms with Crippen LogP contribution in [0.2, 0.25) is 5.02 Å². The summed E-state index contributed by atoms with van der Waals surface area (Å²) >= 11 is 4.37. The van der Waals surface area contributed by atoms with E-state index in [2.05, 4.69) is 0 Å². The van der Waals surface area contributed by atoms with Gasteiger partial charge in [0.25, 0.3) is 0 Å². The average molecular weight is 352 g/mol. The lowest BCUT2D eigenvalue weighted by Crippen LogP contribution is -2.27. The third-order valence-corrected chi connectivity index (χ3v) is 4.35. The van der Waals surface area contributed by atoms with E-state index in [0.717, 1.165) is 5.56 Å². The molecule has 0 aromatic heterocycles. The SMILES string of the molecule is CCC(=O)c1cccc(N(Cc2ccccc2)CS(=O)O)c1Cl. The van der Waals surface area contributed by atoms with Gasteiger partial charge in [0.2, 0.25) is 0 Å². The van der Waals surface area contributed by atoms with Gasteiger partial charge in [-0.2, -0.15) is 0 Å². The van der Waals surface area contributed by atoms with E-state index in [4.69, 9.17) is 11.6 Å². The van der Waals surface area contributed by atoms with Crippen molar-refractivity contribution in [1.82, 2.24) is 0 Å². The molecule has 0 radical (unpaired) electrons. The average Bonchev–Trinajstić information content (AvgIpc) is 2.54. The molecule has 0 fully saturated rings. The van der Waals surface area contributed by atoms with Gasteiger partial charge in [-0.25, -0.2) is 4.21 Å². The summed E-state index contributed by atoms with van der Waals surface area (Å²) in [5.74, 6) is -0.139. The van der Waals surface area contributed by atoms with Crippen molar-refractivity contribution >= 4 is 34.2 Å². The highest BCUT2D eigenvalue weighted by atomic mass is 35.5. The second kappa shape index (κ2) is 8.24. The van der Waals surface area contributed by atoms with Crippen molar-refractivity contribution in [3.05, 3.63) is 64.7 Å². The fraction of sp³-hybridized carbons (Fsp3) is 0.235. The van der Waals surface area contributed by atoms with E-state index in [1.807, 2.05) is 30.3 Å². The molecular weight excluding hydrogens is 334 g/mol. The molecule has 4 nitrogen and oxygen atoms in total. The molecule has 23 heavy (non-hydrogen) atoms. The number of ketones is 1. The molecular formula is C17H18ClNO3S. The Labute approximate surface area is 143 Å². The summed E-state index contributed by atoms with van der Waals surface area (Å²) in [7, 11) is 0. The molecule has 0 amide bonds. The van der Waals surface area contributed by atoms with Gasteiger partial charge in [-0.15, -0.1) is 0 Å². The maximum absolute atomic E-state index is 12.0. The third kappa shape index (κ3) is 4.64.